The van der Waals surface area contributed by atoms with E-state index in [-0.39, 0.29) is 22.6 Å². The van der Waals surface area contributed by atoms with Gasteiger partial charge in [-0.1, -0.05) is 76.3 Å². The number of rotatable bonds is 0. The summed E-state index contributed by atoms with van der Waals surface area (Å²) >= 11 is 0. The molecule has 4 heteroatoms. The van der Waals surface area contributed by atoms with Crippen LogP contribution in [0.1, 0.15) is 53.4 Å². The lowest BCUT2D eigenvalue weighted by atomic mass is 9.81. The number of nitrogens with one attached hydrogen (secondary N) is 2. The first-order valence-corrected chi connectivity index (χ1v) is 10.9. The maximum Gasteiger partial charge on any atom is 0.247 e. The summed E-state index contributed by atoms with van der Waals surface area (Å²) in [5, 5.41) is 6.36. The minimum Gasteiger partial charge on any atom is -0.339 e. The van der Waals surface area contributed by atoms with Crippen molar-refractivity contribution >= 4 is 11.8 Å². The van der Waals surface area contributed by atoms with Crippen LogP contribution in [0, 0.1) is 10.8 Å². The molecule has 0 saturated carbocycles. The van der Waals surface area contributed by atoms with Crippen LogP contribution in [0.3, 0.4) is 0 Å². The van der Waals surface area contributed by atoms with E-state index >= 15 is 0 Å². The molecule has 1 aliphatic heterocycles. The minimum atomic E-state index is -0.864. The summed E-state index contributed by atoms with van der Waals surface area (Å²) < 4.78 is 0. The van der Waals surface area contributed by atoms with E-state index < -0.39 is 11.1 Å². The largest absolute Gasteiger partial charge is 0.339 e. The van der Waals surface area contributed by atoms with Crippen LogP contribution in [0.25, 0.3) is 0 Å². The van der Waals surface area contributed by atoms with Gasteiger partial charge in [0.15, 0.2) is 0 Å². The number of allylic oxidation sites excluding steroid dienone is 8. The van der Waals surface area contributed by atoms with Crippen LogP contribution in [-0.4, -0.2) is 22.9 Å². The van der Waals surface area contributed by atoms with Gasteiger partial charge in [0.25, 0.3) is 0 Å². The second-order valence-electron chi connectivity index (χ2n) is 10.9. The van der Waals surface area contributed by atoms with Crippen LogP contribution in [0.15, 0.2) is 70.9 Å². The summed E-state index contributed by atoms with van der Waals surface area (Å²) in [6.07, 6.45) is 19.4. The third kappa shape index (κ3) is 2.96. The highest BCUT2D eigenvalue weighted by atomic mass is 16.2. The molecule has 0 bridgehead atoms. The first-order chi connectivity index (χ1) is 14.0. The fraction of sp³-hybridized carbons (Fsp3) is 0.462. The summed E-state index contributed by atoms with van der Waals surface area (Å²) in [7, 11) is 0. The monoisotopic (exact) mass is 402 g/mol. The molecule has 5 aliphatic rings. The van der Waals surface area contributed by atoms with Crippen molar-refractivity contribution in [2.75, 3.05) is 0 Å². The van der Waals surface area contributed by atoms with Crippen molar-refractivity contribution in [2.24, 2.45) is 10.8 Å². The lowest BCUT2D eigenvalue weighted by molar-refractivity contribution is -0.145. The maximum atomic E-state index is 13.4. The summed E-state index contributed by atoms with van der Waals surface area (Å²) in [6.45, 7) is 8.66. The molecular weight excluding hydrogens is 372 g/mol. The molecule has 4 aliphatic carbocycles. The second-order valence-corrected chi connectivity index (χ2v) is 10.9. The molecule has 0 atom stereocenters. The lowest BCUT2D eigenvalue weighted by Gasteiger charge is -2.43. The van der Waals surface area contributed by atoms with Gasteiger partial charge in [0.05, 0.1) is 0 Å². The molecule has 1 heterocycles. The van der Waals surface area contributed by atoms with E-state index in [1.807, 2.05) is 0 Å². The fourth-order valence-electron chi connectivity index (χ4n) is 5.20. The van der Waals surface area contributed by atoms with Crippen LogP contribution in [-0.2, 0) is 9.59 Å². The molecule has 0 radical (unpaired) electrons. The average Bonchev–Trinajstić information content (AvgIpc) is 3.12. The summed E-state index contributed by atoms with van der Waals surface area (Å²) in [6, 6.07) is 0. The minimum absolute atomic E-state index is 0.00252. The van der Waals surface area contributed by atoms with E-state index in [1.165, 1.54) is 0 Å². The lowest BCUT2D eigenvalue weighted by Crippen LogP contribution is -2.73. The molecule has 1 saturated heterocycles. The predicted molar refractivity (Wildman–Crippen MR) is 118 cm³/mol. The fourth-order valence-corrected chi connectivity index (χ4v) is 5.20. The Hall–Kier alpha value is -2.62. The Balaban J connectivity index is 1.37. The van der Waals surface area contributed by atoms with Crippen molar-refractivity contribution in [3.8, 4) is 0 Å². The predicted octanol–water partition coefficient (Wildman–Crippen LogP) is 4.20. The average molecular weight is 403 g/mol. The SMILES string of the molecule is CC1(C)C=CC2=C(C=C1)CC1(C2)NC(=O)C2(CC3=C(C=CC(C)(C)C=C3)C2)NC1=O. The van der Waals surface area contributed by atoms with Crippen molar-refractivity contribution in [1.29, 1.82) is 0 Å². The van der Waals surface area contributed by atoms with E-state index in [0.29, 0.717) is 25.7 Å². The Morgan fingerprint density at radius 3 is 1.10 bits per heavy atom. The molecule has 5 rings (SSSR count). The van der Waals surface area contributed by atoms with Crippen molar-refractivity contribution in [2.45, 2.75) is 64.5 Å². The zero-order valence-corrected chi connectivity index (χ0v) is 18.3. The van der Waals surface area contributed by atoms with Crippen LogP contribution >= 0.6 is 0 Å². The number of hydrogen-bond acceptors (Lipinski definition) is 2. The Labute approximate surface area is 178 Å². The smallest absolute Gasteiger partial charge is 0.247 e. The van der Waals surface area contributed by atoms with Gasteiger partial charge in [0, 0.05) is 36.5 Å². The first-order valence-electron chi connectivity index (χ1n) is 10.9. The highest BCUT2D eigenvalue weighted by Gasteiger charge is 2.57. The van der Waals surface area contributed by atoms with Gasteiger partial charge in [0.1, 0.15) is 11.1 Å². The number of amides is 2. The molecule has 2 spiro atoms. The molecule has 0 aromatic carbocycles. The van der Waals surface area contributed by atoms with Crippen LogP contribution in [0.4, 0.5) is 0 Å². The molecule has 156 valence electrons. The van der Waals surface area contributed by atoms with Gasteiger partial charge in [-0.25, -0.2) is 0 Å². The summed E-state index contributed by atoms with van der Waals surface area (Å²) in [4.78, 5) is 26.8. The molecule has 2 amide bonds. The van der Waals surface area contributed by atoms with Crippen molar-refractivity contribution in [3.63, 3.8) is 0 Å². The Morgan fingerprint density at radius 2 is 0.833 bits per heavy atom. The molecule has 0 aromatic rings. The Morgan fingerprint density at radius 1 is 0.567 bits per heavy atom. The van der Waals surface area contributed by atoms with Gasteiger partial charge in [-0.2, -0.15) is 0 Å². The second kappa shape index (κ2) is 5.96. The molecule has 4 nitrogen and oxygen atoms in total. The van der Waals surface area contributed by atoms with Gasteiger partial charge < -0.3 is 10.6 Å². The van der Waals surface area contributed by atoms with E-state index in [9.17, 15) is 9.59 Å². The van der Waals surface area contributed by atoms with Gasteiger partial charge in [-0.15, -0.1) is 0 Å². The number of carbonyl (C=O) groups is 2. The highest BCUT2D eigenvalue weighted by Crippen LogP contribution is 2.46. The van der Waals surface area contributed by atoms with Crippen molar-refractivity contribution < 1.29 is 9.59 Å². The third-order valence-electron chi connectivity index (χ3n) is 7.23. The van der Waals surface area contributed by atoms with Gasteiger partial charge in [-0.05, 0) is 22.3 Å². The molecule has 30 heavy (non-hydrogen) atoms. The van der Waals surface area contributed by atoms with Crippen LogP contribution in [0.2, 0.25) is 0 Å². The summed E-state index contributed by atoms with van der Waals surface area (Å²) in [5.74, 6) is -0.107. The maximum absolute atomic E-state index is 13.4. The zero-order chi connectivity index (χ0) is 21.4. The van der Waals surface area contributed by atoms with Crippen LogP contribution in [0.5, 0.6) is 0 Å². The number of hydrogen-bond donors (Lipinski definition) is 2. The normalized spacial score (nSPS) is 29.1. The number of piperazine rings is 1. The van der Waals surface area contributed by atoms with E-state index in [2.05, 4.69) is 86.9 Å². The summed E-state index contributed by atoms with van der Waals surface area (Å²) in [5.41, 5.74) is 2.88. The zero-order valence-electron chi connectivity index (χ0n) is 18.3. The topological polar surface area (TPSA) is 58.2 Å². The van der Waals surface area contributed by atoms with E-state index in [0.717, 1.165) is 22.3 Å². The van der Waals surface area contributed by atoms with Gasteiger partial charge in [-0.3, -0.25) is 9.59 Å². The molecule has 0 aromatic heterocycles. The van der Waals surface area contributed by atoms with Gasteiger partial charge in [0.2, 0.25) is 11.8 Å². The van der Waals surface area contributed by atoms with Crippen molar-refractivity contribution in [1.82, 2.24) is 10.6 Å². The molecular formula is C26H30N2O2. The van der Waals surface area contributed by atoms with E-state index in [1.54, 1.807) is 0 Å². The first kappa shape index (κ1) is 19.3. The Bertz CT molecular complexity index is 903. The van der Waals surface area contributed by atoms with E-state index in [4.69, 9.17) is 0 Å². The highest BCUT2D eigenvalue weighted by molar-refractivity contribution is 6.04. The number of carbonyl (C=O) groups excluding carboxylic acids is 2. The quantitative estimate of drug-likeness (QED) is 0.638. The molecule has 2 N–H and O–H groups in total. The standard InChI is InChI=1S/C26H30N2O2/c1-23(2)9-5-17-13-25(14-18(17)6-10-23)21(29)28-26(22(30)27-25)15-19-7-11-24(3,4)12-8-20(19)16-26/h5-12H,13-16H2,1-4H3,(H,27,30)(H,28,29). The van der Waals surface area contributed by atoms with Crippen molar-refractivity contribution in [3.05, 3.63) is 70.9 Å². The van der Waals surface area contributed by atoms with Crippen LogP contribution < -0.4 is 10.6 Å². The van der Waals surface area contributed by atoms with Gasteiger partial charge >= 0.3 is 0 Å². The Kier molecular flexibility index (Phi) is 3.85. The molecule has 1 fully saturated rings. The third-order valence-corrected chi connectivity index (χ3v) is 7.23. The molecule has 0 unspecified atom stereocenters.